The van der Waals surface area contributed by atoms with Crippen LogP contribution in [0.25, 0.3) is 0 Å². The maximum absolute atomic E-state index is 13.1. The molecule has 0 unspecified atom stereocenters. The molecule has 118 valence electrons. The Morgan fingerprint density at radius 1 is 1.26 bits per heavy atom. The number of aryl methyl sites for hydroxylation is 1. The van der Waals surface area contributed by atoms with E-state index in [1.807, 2.05) is 0 Å². The smallest absolute Gasteiger partial charge is 0.262 e. The normalized spacial score (nSPS) is 12.8. The van der Waals surface area contributed by atoms with Gasteiger partial charge < -0.3 is 15.4 Å². The lowest BCUT2D eigenvalue weighted by Crippen LogP contribution is -2.25. The van der Waals surface area contributed by atoms with Crippen LogP contribution in [-0.4, -0.2) is 18.4 Å². The van der Waals surface area contributed by atoms with Gasteiger partial charge in [-0.1, -0.05) is 12.1 Å². The van der Waals surface area contributed by atoms with E-state index >= 15 is 0 Å². The second-order valence-corrected chi connectivity index (χ2v) is 5.23. The van der Waals surface area contributed by atoms with Crippen molar-refractivity contribution in [2.75, 3.05) is 17.2 Å². The van der Waals surface area contributed by atoms with Crippen molar-refractivity contribution in [2.45, 2.75) is 12.8 Å². The number of hydrogen-bond acceptors (Lipinski definition) is 3. The zero-order chi connectivity index (χ0) is 16.2. The highest BCUT2D eigenvalue weighted by Gasteiger charge is 2.16. The first kappa shape index (κ1) is 15.0. The minimum atomic E-state index is -0.312. The highest BCUT2D eigenvalue weighted by Crippen LogP contribution is 2.30. The molecule has 0 saturated heterocycles. The average molecular weight is 314 g/mol. The van der Waals surface area contributed by atoms with E-state index < -0.39 is 0 Å². The van der Waals surface area contributed by atoms with E-state index in [-0.39, 0.29) is 30.7 Å². The first-order valence-corrected chi connectivity index (χ1v) is 7.21. The lowest BCUT2D eigenvalue weighted by Gasteiger charge is -2.18. The van der Waals surface area contributed by atoms with Crippen molar-refractivity contribution >= 4 is 23.2 Å². The number of nitrogens with one attached hydrogen (secondary N) is 2. The molecule has 0 radical (unpaired) electrons. The largest absolute Gasteiger partial charge is 0.482 e. The fourth-order valence-corrected chi connectivity index (χ4v) is 2.33. The van der Waals surface area contributed by atoms with Crippen molar-refractivity contribution in [2.24, 2.45) is 0 Å². The van der Waals surface area contributed by atoms with Crippen LogP contribution in [0.2, 0.25) is 0 Å². The molecule has 2 amide bonds. The number of hydrogen-bond donors (Lipinski definition) is 2. The van der Waals surface area contributed by atoms with Crippen LogP contribution in [0.4, 0.5) is 15.8 Å². The fourth-order valence-electron chi connectivity index (χ4n) is 2.33. The first-order valence-electron chi connectivity index (χ1n) is 7.21. The molecular formula is C17H15FN2O3. The SMILES string of the molecule is O=C(CCc1cccc(F)c1)Nc1ccc2c(c1)NC(=O)CO2. The van der Waals surface area contributed by atoms with Crippen molar-refractivity contribution < 1.29 is 18.7 Å². The second kappa shape index (κ2) is 6.48. The lowest BCUT2D eigenvalue weighted by atomic mass is 10.1. The zero-order valence-corrected chi connectivity index (χ0v) is 12.3. The number of carbonyl (C=O) groups is 2. The summed E-state index contributed by atoms with van der Waals surface area (Å²) in [4.78, 5) is 23.3. The van der Waals surface area contributed by atoms with Gasteiger partial charge in [0.2, 0.25) is 5.91 Å². The van der Waals surface area contributed by atoms with Gasteiger partial charge in [0.15, 0.2) is 6.61 Å². The van der Waals surface area contributed by atoms with Gasteiger partial charge in [0.1, 0.15) is 11.6 Å². The molecule has 6 heteroatoms. The first-order chi connectivity index (χ1) is 11.1. The van der Waals surface area contributed by atoms with Crippen LogP contribution >= 0.6 is 0 Å². The minimum absolute atomic E-state index is 0.00760. The monoisotopic (exact) mass is 314 g/mol. The summed E-state index contributed by atoms with van der Waals surface area (Å²) in [6.07, 6.45) is 0.692. The number of ether oxygens (including phenoxy) is 1. The topological polar surface area (TPSA) is 67.4 Å². The van der Waals surface area contributed by atoms with Crippen LogP contribution in [-0.2, 0) is 16.0 Å². The van der Waals surface area contributed by atoms with Gasteiger partial charge in [-0.3, -0.25) is 9.59 Å². The molecule has 0 aliphatic carbocycles. The average Bonchev–Trinajstić information content (AvgIpc) is 2.53. The van der Waals surface area contributed by atoms with E-state index in [2.05, 4.69) is 10.6 Å². The molecule has 2 aromatic carbocycles. The van der Waals surface area contributed by atoms with Crippen LogP contribution in [0, 0.1) is 5.82 Å². The van der Waals surface area contributed by atoms with E-state index in [4.69, 9.17) is 4.74 Å². The summed E-state index contributed by atoms with van der Waals surface area (Å²) < 4.78 is 18.3. The molecule has 0 bridgehead atoms. The van der Waals surface area contributed by atoms with Gasteiger partial charge in [-0.2, -0.15) is 0 Å². The standard InChI is InChI=1S/C17H15FN2O3/c18-12-3-1-2-11(8-12)4-7-16(21)19-13-5-6-15-14(9-13)20-17(22)10-23-15/h1-3,5-6,8-9H,4,7,10H2,(H,19,21)(H,20,22). The lowest BCUT2D eigenvalue weighted by molar-refractivity contribution is -0.118. The summed E-state index contributed by atoms with van der Waals surface area (Å²) in [6.45, 7) is -0.00760. The Labute approximate surface area is 132 Å². The van der Waals surface area contributed by atoms with Crippen LogP contribution in [0.3, 0.4) is 0 Å². The minimum Gasteiger partial charge on any atom is -0.482 e. The molecule has 3 rings (SSSR count). The molecule has 0 atom stereocenters. The molecule has 0 spiro atoms. The molecule has 0 saturated carbocycles. The molecule has 1 aliphatic heterocycles. The van der Waals surface area contributed by atoms with Gasteiger partial charge in [-0.25, -0.2) is 4.39 Å². The van der Waals surface area contributed by atoms with Gasteiger partial charge in [-0.15, -0.1) is 0 Å². The summed E-state index contributed by atoms with van der Waals surface area (Å²) >= 11 is 0. The quantitative estimate of drug-likeness (QED) is 0.912. The predicted octanol–water partition coefficient (Wildman–Crippen LogP) is 2.73. The molecule has 5 nitrogen and oxygen atoms in total. The Morgan fingerprint density at radius 2 is 2.13 bits per heavy atom. The van der Waals surface area contributed by atoms with Crippen LogP contribution in [0.1, 0.15) is 12.0 Å². The van der Waals surface area contributed by atoms with Crippen LogP contribution in [0.15, 0.2) is 42.5 Å². The van der Waals surface area contributed by atoms with Gasteiger partial charge in [0.25, 0.3) is 5.91 Å². The van der Waals surface area contributed by atoms with E-state index in [0.29, 0.717) is 23.5 Å². The Hall–Kier alpha value is -2.89. The fraction of sp³-hybridized carbons (Fsp3) is 0.176. The number of rotatable bonds is 4. The van der Waals surface area contributed by atoms with Gasteiger partial charge in [0, 0.05) is 12.1 Å². The Bertz CT molecular complexity index is 761. The molecular weight excluding hydrogens is 299 g/mol. The van der Waals surface area contributed by atoms with E-state index in [0.717, 1.165) is 5.56 Å². The summed E-state index contributed by atoms with van der Waals surface area (Å²) in [5.41, 5.74) is 1.87. The third kappa shape index (κ3) is 3.85. The van der Waals surface area contributed by atoms with Crippen molar-refractivity contribution in [3.8, 4) is 5.75 Å². The molecule has 23 heavy (non-hydrogen) atoms. The Morgan fingerprint density at radius 3 is 2.96 bits per heavy atom. The maximum Gasteiger partial charge on any atom is 0.262 e. The van der Waals surface area contributed by atoms with E-state index in [1.165, 1.54) is 12.1 Å². The maximum atomic E-state index is 13.1. The summed E-state index contributed by atoms with van der Waals surface area (Å²) in [5, 5.41) is 5.43. The Kier molecular flexibility index (Phi) is 4.23. The highest BCUT2D eigenvalue weighted by atomic mass is 19.1. The molecule has 0 fully saturated rings. The van der Waals surface area contributed by atoms with Crippen molar-refractivity contribution in [3.63, 3.8) is 0 Å². The van der Waals surface area contributed by atoms with Crippen LogP contribution in [0.5, 0.6) is 5.75 Å². The third-order valence-electron chi connectivity index (χ3n) is 3.43. The van der Waals surface area contributed by atoms with Crippen LogP contribution < -0.4 is 15.4 Å². The molecule has 1 heterocycles. The number of carbonyl (C=O) groups excluding carboxylic acids is 2. The summed E-state index contributed by atoms with van der Waals surface area (Å²) in [6, 6.07) is 11.2. The number of benzene rings is 2. The number of fused-ring (bicyclic) bond motifs is 1. The van der Waals surface area contributed by atoms with Crippen molar-refractivity contribution in [1.82, 2.24) is 0 Å². The van der Waals surface area contributed by atoms with Crippen molar-refractivity contribution in [3.05, 3.63) is 53.8 Å². The van der Waals surface area contributed by atoms with Crippen molar-refractivity contribution in [1.29, 1.82) is 0 Å². The number of anilines is 2. The van der Waals surface area contributed by atoms with Gasteiger partial charge in [0.05, 0.1) is 5.69 Å². The van der Waals surface area contributed by atoms with E-state index in [9.17, 15) is 14.0 Å². The molecule has 0 aromatic heterocycles. The highest BCUT2D eigenvalue weighted by molar-refractivity contribution is 5.97. The summed E-state index contributed by atoms with van der Waals surface area (Å²) in [5.74, 6) is -0.153. The number of halogens is 1. The number of amides is 2. The summed E-state index contributed by atoms with van der Waals surface area (Å²) in [7, 11) is 0. The van der Waals surface area contributed by atoms with Gasteiger partial charge >= 0.3 is 0 Å². The second-order valence-electron chi connectivity index (χ2n) is 5.23. The third-order valence-corrected chi connectivity index (χ3v) is 3.43. The molecule has 2 aromatic rings. The molecule has 1 aliphatic rings. The molecule has 2 N–H and O–H groups in total. The Balaban J connectivity index is 1.59. The zero-order valence-electron chi connectivity index (χ0n) is 12.3. The van der Waals surface area contributed by atoms with Gasteiger partial charge in [-0.05, 0) is 42.3 Å². The predicted molar refractivity (Wildman–Crippen MR) is 83.9 cm³/mol. The van der Waals surface area contributed by atoms with E-state index in [1.54, 1.807) is 30.3 Å².